The van der Waals surface area contributed by atoms with E-state index in [1.54, 1.807) is 0 Å². The molecule has 0 saturated carbocycles. The van der Waals surface area contributed by atoms with E-state index in [1.807, 2.05) is 0 Å². The minimum absolute atomic E-state index is 0.727. The maximum atomic E-state index is 3.95. The van der Waals surface area contributed by atoms with Gasteiger partial charge in [-0.3, -0.25) is 0 Å². The number of hydrogen-bond donors (Lipinski definition) is 1. The first-order valence-corrected chi connectivity index (χ1v) is 3.58. The maximum absolute atomic E-state index is 3.95. The van der Waals surface area contributed by atoms with E-state index in [0.717, 1.165) is 24.9 Å². The summed E-state index contributed by atoms with van der Waals surface area (Å²) in [6.07, 6.45) is 0. The zero-order valence-corrected chi connectivity index (χ0v) is 6.28. The second-order valence-corrected chi connectivity index (χ2v) is 3.09. The Balaban J connectivity index is 2.49. The molecule has 1 saturated heterocycles. The van der Waals surface area contributed by atoms with Crippen molar-refractivity contribution in [3.8, 4) is 0 Å². The number of nitrogens with one attached hydrogen (secondary N) is 1. The van der Waals surface area contributed by atoms with E-state index in [1.165, 1.54) is 5.57 Å². The van der Waals surface area contributed by atoms with Crippen LogP contribution in [0.25, 0.3) is 0 Å². The third kappa shape index (κ3) is 1.33. The molecule has 0 aromatic rings. The molecule has 1 aliphatic heterocycles. The molecule has 9 heavy (non-hydrogen) atoms. The molecular weight excluding hydrogens is 110 g/mol. The van der Waals surface area contributed by atoms with E-state index in [2.05, 4.69) is 25.7 Å². The first-order valence-electron chi connectivity index (χ1n) is 3.58. The summed E-state index contributed by atoms with van der Waals surface area (Å²) >= 11 is 0. The van der Waals surface area contributed by atoms with Crippen molar-refractivity contribution in [2.24, 2.45) is 11.8 Å². The van der Waals surface area contributed by atoms with Gasteiger partial charge in [0.15, 0.2) is 0 Å². The van der Waals surface area contributed by atoms with Crippen LogP contribution < -0.4 is 5.32 Å². The van der Waals surface area contributed by atoms with Crippen molar-refractivity contribution < 1.29 is 0 Å². The smallest absolute Gasteiger partial charge is 0.00198 e. The second kappa shape index (κ2) is 2.53. The lowest BCUT2D eigenvalue weighted by atomic mass is 9.92. The zero-order valence-electron chi connectivity index (χ0n) is 6.28. The molecule has 0 radical (unpaired) electrons. The molecule has 0 aromatic carbocycles. The molecule has 1 heterocycles. The molecule has 0 bridgehead atoms. The minimum Gasteiger partial charge on any atom is -0.316 e. The molecule has 0 aromatic heterocycles. The predicted octanol–water partition coefficient (Wildman–Crippen LogP) is 1.42. The molecule has 0 unspecified atom stereocenters. The van der Waals surface area contributed by atoms with Gasteiger partial charge in [-0.25, -0.2) is 0 Å². The highest BCUT2D eigenvalue weighted by Crippen LogP contribution is 2.21. The molecule has 0 spiro atoms. The molecular formula is C8H15N. The Hall–Kier alpha value is -0.300. The molecule has 2 atom stereocenters. The predicted molar refractivity (Wildman–Crippen MR) is 40.3 cm³/mol. The molecule has 0 amide bonds. The lowest BCUT2D eigenvalue weighted by Gasteiger charge is -2.12. The van der Waals surface area contributed by atoms with E-state index in [0.29, 0.717) is 0 Å². The summed E-state index contributed by atoms with van der Waals surface area (Å²) in [6, 6.07) is 0. The van der Waals surface area contributed by atoms with Crippen LogP contribution in [0.3, 0.4) is 0 Å². The van der Waals surface area contributed by atoms with Crippen LogP contribution in [-0.4, -0.2) is 13.1 Å². The van der Waals surface area contributed by atoms with Gasteiger partial charge < -0.3 is 5.32 Å². The SMILES string of the molecule is C=C(C)[C@H]1CNC[C@H]1C. The van der Waals surface area contributed by atoms with Gasteiger partial charge in [0, 0.05) is 6.54 Å². The Morgan fingerprint density at radius 1 is 1.56 bits per heavy atom. The standard InChI is InChI=1S/C8H15N/c1-6(2)8-5-9-4-7(8)3/h7-9H,1,4-5H2,2-3H3/t7-,8-/m1/s1. The van der Waals surface area contributed by atoms with Gasteiger partial charge in [-0.15, -0.1) is 0 Å². The van der Waals surface area contributed by atoms with Crippen molar-refractivity contribution in [2.45, 2.75) is 13.8 Å². The lowest BCUT2D eigenvalue weighted by Crippen LogP contribution is -2.09. The second-order valence-electron chi connectivity index (χ2n) is 3.09. The van der Waals surface area contributed by atoms with Crippen LogP contribution in [-0.2, 0) is 0 Å². The monoisotopic (exact) mass is 125 g/mol. The number of hydrogen-bond acceptors (Lipinski definition) is 1. The van der Waals surface area contributed by atoms with Crippen LogP contribution in [0.2, 0.25) is 0 Å². The number of rotatable bonds is 1. The van der Waals surface area contributed by atoms with Gasteiger partial charge in [-0.2, -0.15) is 0 Å². The van der Waals surface area contributed by atoms with E-state index in [9.17, 15) is 0 Å². The third-order valence-electron chi connectivity index (χ3n) is 2.15. The van der Waals surface area contributed by atoms with E-state index < -0.39 is 0 Å². The summed E-state index contributed by atoms with van der Waals surface area (Å²) in [5.41, 5.74) is 1.33. The van der Waals surface area contributed by atoms with Crippen molar-refractivity contribution in [3.63, 3.8) is 0 Å². The summed E-state index contributed by atoms with van der Waals surface area (Å²) in [7, 11) is 0. The van der Waals surface area contributed by atoms with Gasteiger partial charge in [-0.05, 0) is 25.3 Å². The van der Waals surface area contributed by atoms with Gasteiger partial charge in [-0.1, -0.05) is 19.1 Å². The van der Waals surface area contributed by atoms with Crippen LogP contribution in [0.4, 0.5) is 0 Å². The highest BCUT2D eigenvalue weighted by Gasteiger charge is 2.22. The summed E-state index contributed by atoms with van der Waals surface area (Å²) in [4.78, 5) is 0. The van der Waals surface area contributed by atoms with Crippen molar-refractivity contribution in [3.05, 3.63) is 12.2 Å². The van der Waals surface area contributed by atoms with Crippen molar-refractivity contribution in [2.75, 3.05) is 13.1 Å². The molecule has 1 nitrogen and oxygen atoms in total. The molecule has 1 fully saturated rings. The average Bonchev–Trinajstić information content (AvgIpc) is 2.13. The Bertz CT molecular complexity index is 118. The quantitative estimate of drug-likeness (QED) is 0.523. The van der Waals surface area contributed by atoms with Gasteiger partial charge in [0.25, 0.3) is 0 Å². The first kappa shape index (κ1) is 6.81. The first-order chi connectivity index (χ1) is 4.22. The normalized spacial score (nSPS) is 34.9. The lowest BCUT2D eigenvalue weighted by molar-refractivity contribution is 0.519. The largest absolute Gasteiger partial charge is 0.316 e. The minimum atomic E-state index is 0.727. The van der Waals surface area contributed by atoms with Crippen LogP contribution in [0.5, 0.6) is 0 Å². The van der Waals surface area contributed by atoms with Crippen LogP contribution >= 0.6 is 0 Å². The van der Waals surface area contributed by atoms with Crippen molar-refractivity contribution >= 4 is 0 Å². The van der Waals surface area contributed by atoms with Gasteiger partial charge in [0.05, 0.1) is 0 Å². The summed E-state index contributed by atoms with van der Waals surface area (Å²) in [5, 5.41) is 3.34. The van der Waals surface area contributed by atoms with Crippen LogP contribution in [0.1, 0.15) is 13.8 Å². The molecule has 0 aliphatic carbocycles. The fourth-order valence-electron chi connectivity index (χ4n) is 1.47. The molecule has 1 N–H and O–H groups in total. The van der Waals surface area contributed by atoms with Gasteiger partial charge in [0.2, 0.25) is 0 Å². The topological polar surface area (TPSA) is 12.0 Å². The van der Waals surface area contributed by atoms with E-state index in [-0.39, 0.29) is 0 Å². The highest BCUT2D eigenvalue weighted by atomic mass is 14.9. The maximum Gasteiger partial charge on any atom is 0.00198 e. The summed E-state index contributed by atoms with van der Waals surface area (Å²) in [6.45, 7) is 10.6. The Morgan fingerprint density at radius 2 is 2.22 bits per heavy atom. The Labute approximate surface area is 57.1 Å². The zero-order chi connectivity index (χ0) is 6.85. The molecule has 1 rings (SSSR count). The van der Waals surface area contributed by atoms with E-state index in [4.69, 9.17) is 0 Å². The van der Waals surface area contributed by atoms with Gasteiger partial charge >= 0.3 is 0 Å². The molecule has 1 heteroatoms. The van der Waals surface area contributed by atoms with Crippen LogP contribution in [0, 0.1) is 11.8 Å². The average molecular weight is 125 g/mol. The van der Waals surface area contributed by atoms with Crippen LogP contribution in [0.15, 0.2) is 12.2 Å². The summed E-state index contributed by atoms with van der Waals surface area (Å²) in [5.74, 6) is 1.52. The Morgan fingerprint density at radius 3 is 2.44 bits per heavy atom. The Kier molecular flexibility index (Phi) is 1.91. The van der Waals surface area contributed by atoms with Crippen molar-refractivity contribution in [1.29, 1.82) is 0 Å². The molecule has 1 aliphatic rings. The highest BCUT2D eigenvalue weighted by molar-refractivity contribution is 5.02. The van der Waals surface area contributed by atoms with E-state index >= 15 is 0 Å². The van der Waals surface area contributed by atoms with Gasteiger partial charge in [0.1, 0.15) is 0 Å². The third-order valence-corrected chi connectivity index (χ3v) is 2.15. The summed E-state index contributed by atoms with van der Waals surface area (Å²) < 4.78 is 0. The fraction of sp³-hybridized carbons (Fsp3) is 0.750. The fourth-order valence-corrected chi connectivity index (χ4v) is 1.47. The molecule has 52 valence electrons. The van der Waals surface area contributed by atoms with Crippen molar-refractivity contribution in [1.82, 2.24) is 5.32 Å².